The molecule has 9 heteroatoms. The van der Waals surface area contributed by atoms with E-state index in [0.717, 1.165) is 18.2 Å². The maximum absolute atomic E-state index is 13.7. The van der Waals surface area contributed by atoms with E-state index in [1.807, 2.05) is 0 Å². The van der Waals surface area contributed by atoms with Gasteiger partial charge in [-0.25, -0.2) is 18.6 Å². The Morgan fingerprint density at radius 2 is 1.93 bits per heavy atom. The Kier molecular flexibility index (Phi) is 5.62. The fourth-order valence-corrected chi connectivity index (χ4v) is 3.12. The summed E-state index contributed by atoms with van der Waals surface area (Å²) < 4.78 is 32.6. The van der Waals surface area contributed by atoms with Crippen molar-refractivity contribution in [3.8, 4) is 0 Å². The zero-order chi connectivity index (χ0) is 20.4. The number of benzene rings is 1. The number of rotatable bonds is 3. The third-order valence-electron chi connectivity index (χ3n) is 4.72. The van der Waals surface area contributed by atoms with Gasteiger partial charge < -0.3 is 19.5 Å². The van der Waals surface area contributed by atoms with Crippen molar-refractivity contribution >= 4 is 17.6 Å². The summed E-state index contributed by atoms with van der Waals surface area (Å²) in [6, 6.07) is 2.41. The van der Waals surface area contributed by atoms with Crippen LogP contribution in [0, 0.1) is 18.6 Å². The quantitative estimate of drug-likeness (QED) is 0.869. The van der Waals surface area contributed by atoms with Crippen LogP contribution in [-0.2, 0) is 0 Å². The fourth-order valence-electron chi connectivity index (χ4n) is 3.12. The zero-order valence-electron chi connectivity index (χ0n) is 16.0. The largest absolute Gasteiger partial charge is 0.445 e. The molecule has 0 spiro atoms. The molecule has 1 aromatic heterocycles. The first-order chi connectivity index (χ1) is 13.3. The van der Waals surface area contributed by atoms with Gasteiger partial charge in [0.05, 0.1) is 5.69 Å². The number of anilines is 1. The molecule has 3 amide bonds. The molecule has 1 fully saturated rings. The molecule has 2 aromatic rings. The minimum atomic E-state index is -0.696. The number of hydrogen-bond donors (Lipinski definition) is 1. The molecule has 0 radical (unpaired) electrons. The molecule has 1 aliphatic rings. The number of piperidine rings is 1. The summed E-state index contributed by atoms with van der Waals surface area (Å²) in [5.41, 5.74) is 0.101. The average Bonchev–Trinajstić information content (AvgIpc) is 3.05. The second-order valence-electron chi connectivity index (χ2n) is 6.97. The lowest BCUT2D eigenvalue weighted by atomic mass is 9.97. The van der Waals surface area contributed by atoms with Gasteiger partial charge in [-0.3, -0.25) is 4.79 Å². The number of nitrogens with zero attached hydrogens (tertiary/aromatic N) is 3. The maximum atomic E-state index is 13.7. The number of nitrogens with one attached hydrogen (secondary N) is 1. The molecule has 1 aliphatic heterocycles. The first-order valence-electron chi connectivity index (χ1n) is 8.96. The number of likely N-dealkylation sites (tertiary alicyclic amines) is 1. The molecule has 0 atom stereocenters. The van der Waals surface area contributed by atoms with Crippen LogP contribution in [0.15, 0.2) is 22.6 Å². The Morgan fingerprint density at radius 3 is 2.57 bits per heavy atom. The number of carbonyl (C=O) groups excluding carboxylic acids is 2. The number of aromatic nitrogens is 1. The Bertz CT molecular complexity index is 889. The van der Waals surface area contributed by atoms with Gasteiger partial charge in [-0.1, -0.05) is 0 Å². The van der Waals surface area contributed by atoms with E-state index in [1.54, 1.807) is 21.0 Å². The highest BCUT2D eigenvalue weighted by Crippen LogP contribution is 2.29. The standard InChI is InChI=1S/C19H22F2N4O3/c1-11-16(18(26)24(2)3)23-17(28-11)12-6-8-25(9-7-12)19(27)22-15-10-13(20)4-5-14(15)21/h4-5,10,12H,6-9H2,1-3H3,(H,22,27). The van der Waals surface area contributed by atoms with E-state index in [4.69, 9.17) is 4.42 Å². The van der Waals surface area contributed by atoms with Gasteiger partial charge in [-0.15, -0.1) is 0 Å². The van der Waals surface area contributed by atoms with E-state index in [9.17, 15) is 18.4 Å². The van der Waals surface area contributed by atoms with Crippen molar-refractivity contribution in [2.75, 3.05) is 32.5 Å². The number of urea groups is 1. The summed E-state index contributed by atoms with van der Waals surface area (Å²) in [7, 11) is 3.29. The van der Waals surface area contributed by atoms with E-state index in [2.05, 4.69) is 10.3 Å². The van der Waals surface area contributed by atoms with Crippen LogP contribution in [0.1, 0.15) is 40.9 Å². The second kappa shape index (κ2) is 7.95. The molecule has 7 nitrogen and oxygen atoms in total. The predicted octanol–water partition coefficient (Wildman–Crippen LogP) is 3.37. The summed E-state index contributed by atoms with van der Waals surface area (Å²) >= 11 is 0. The van der Waals surface area contributed by atoms with E-state index in [-0.39, 0.29) is 17.5 Å². The van der Waals surface area contributed by atoms with Gasteiger partial charge in [-0.2, -0.15) is 0 Å². The van der Waals surface area contributed by atoms with E-state index in [1.165, 1.54) is 9.80 Å². The van der Waals surface area contributed by atoms with Crippen molar-refractivity contribution in [1.82, 2.24) is 14.8 Å². The topological polar surface area (TPSA) is 78.7 Å². The SMILES string of the molecule is Cc1oc(C2CCN(C(=O)Nc3cc(F)ccc3F)CC2)nc1C(=O)N(C)C. The minimum Gasteiger partial charge on any atom is -0.445 e. The molecule has 0 aliphatic carbocycles. The molecule has 3 rings (SSSR count). The lowest BCUT2D eigenvalue weighted by Crippen LogP contribution is -2.40. The van der Waals surface area contributed by atoms with Crippen molar-refractivity contribution < 1.29 is 22.8 Å². The van der Waals surface area contributed by atoms with Gasteiger partial charge in [0.15, 0.2) is 11.6 Å². The van der Waals surface area contributed by atoms with Crippen LogP contribution in [0.25, 0.3) is 0 Å². The molecular weight excluding hydrogens is 370 g/mol. The number of amides is 3. The predicted molar refractivity (Wildman–Crippen MR) is 98.2 cm³/mol. The molecule has 0 unspecified atom stereocenters. The molecule has 2 heterocycles. The smallest absolute Gasteiger partial charge is 0.321 e. The van der Waals surface area contributed by atoms with Crippen molar-refractivity contribution in [2.24, 2.45) is 0 Å². The van der Waals surface area contributed by atoms with Gasteiger partial charge in [0.1, 0.15) is 17.4 Å². The molecular formula is C19H22F2N4O3. The van der Waals surface area contributed by atoms with Crippen LogP contribution in [-0.4, -0.2) is 53.9 Å². The lowest BCUT2D eigenvalue weighted by Gasteiger charge is -2.30. The van der Waals surface area contributed by atoms with Crippen molar-refractivity contribution in [1.29, 1.82) is 0 Å². The van der Waals surface area contributed by atoms with Gasteiger partial charge in [-0.05, 0) is 31.9 Å². The number of aryl methyl sites for hydroxylation is 1. The van der Waals surface area contributed by atoms with Gasteiger partial charge >= 0.3 is 6.03 Å². The number of halogens is 2. The van der Waals surface area contributed by atoms with Crippen LogP contribution >= 0.6 is 0 Å². The van der Waals surface area contributed by atoms with Crippen LogP contribution in [0.4, 0.5) is 19.3 Å². The van der Waals surface area contributed by atoms with Crippen molar-refractivity contribution in [3.05, 3.63) is 47.2 Å². The molecule has 1 N–H and O–H groups in total. The summed E-state index contributed by atoms with van der Waals surface area (Å²) in [4.78, 5) is 31.8. The van der Waals surface area contributed by atoms with Crippen molar-refractivity contribution in [2.45, 2.75) is 25.7 Å². The molecule has 28 heavy (non-hydrogen) atoms. The normalized spacial score (nSPS) is 14.8. The van der Waals surface area contributed by atoms with Crippen LogP contribution in [0.5, 0.6) is 0 Å². The molecule has 1 saturated heterocycles. The third kappa shape index (κ3) is 4.13. The first-order valence-corrected chi connectivity index (χ1v) is 8.96. The van der Waals surface area contributed by atoms with Crippen LogP contribution in [0.3, 0.4) is 0 Å². The second-order valence-corrected chi connectivity index (χ2v) is 6.97. The lowest BCUT2D eigenvalue weighted by molar-refractivity contribution is 0.0821. The average molecular weight is 392 g/mol. The van der Waals surface area contributed by atoms with Gasteiger partial charge in [0.25, 0.3) is 5.91 Å². The van der Waals surface area contributed by atoms with Crippen LogP contribution < -0.4 is 5.32 Å². The number of oxazole rings is 1. The van der Waals surface area contributed by atoms with Gasteiger partial charge in [0, 0.05) is 39.2 Å². The number of carbonyl (C=O) groups is 2. The Morgan fingerprint density at radius 1 is 1.25 bits per heavy atom. The highest BCUT2D eigenvalue weighted by atomic mass is 19.1. The summed E-state index contributed by atoms with van der Waals surface area (Å²) in [6.07, 6.45) is 1.18. The molecule has 0 saturated carbocycles. The maximum Gasteiger partial charge on any atom is 0.321 e. The Hall–Kier alpha value is -2.97. The summed E-state index contributed by atoms with van der Waals surface area (Å²) in [5.74, 6) is -0.607. The monoisotopic (exact) mass is 392 g/mol. The molecule has 0 bridgehead atoms. The summed E-state index contributed by atoms with van der Waals surface area (Å²) in [5, 5.41) is 2.40. The van der Waals surface area contributed by atoms with Gasteiger partial charge in [0.2, 0.25) is 0 Å². The summed E-state index contributed by atoms with van der Waals surface area (Å²) in [6.45, 7) is 2.51. The highest BCUT2D eigenvalue weighted by Gasteiger charge is 2.29. The highest BCUT2D eigenvalue weighted by molar-refractivity contribution is 5.92. The molecule has 1 aromatic carbocycles. The number of hydrogen-bond acceptors (Lipinski definition) is 4. The Labute approximate surface area is 161 Å². The fraction of sp³-hybridized carbons (Fsp3) is 0.421. The van der Waals surface area contributed by atoms with E-state index in [0.29, 0.717) is 43.3 Å². The van der Waals surface area contributed by atoms with Crippen LogP contribution in [0.2, 0.25) is 0 Å². The minimum absolute atomic E-state index is 0.0163. The first kappa shape index (κ1) is 19.8. The zero-order valence-corrected chi connectivity index (χ0v) is 16.0. The molecule has 150 valence electrons. The van der Waals surface area contributed by atoms with E-state index >= 15 is 0 Å². The van der Waals surface area contributed by atoms with E-state index < -0.39 is 17.7 Å². The van der Waals surface area contributed by atoms with Crippen molar-refractivity contribution in [3.63, 3.8) is 0 Å². The third-order valence-corrected chi connectivity index (χ3v) is 4.72. The Balaban J connectivity index is 1.61.